The monoisotopic (exact) mass is 262 g/mol. The number of rotatable bonds is 3. The molecule has 0 bridgehead atoms. The Balaban J connectivity index is 2.16. The number of fused-ring (bicyclic) bond motifs is 1. The Hall–Kier alpha value is -1.34. The number of hydrogen-bond donors (Lipinski definition) is 2. The van der Waals surface area contributed by atoms with Crippen molar-refractivity contribution < 1.29 is 0 Å². The summed E-state index contributed by atoms with van der Waals surface area (Å²) < 4.78 is 5.14. The normalized spacial score (nSPS) is 13.0. The van der Waals surface area contributed by atoms with Gasteiger partial charge < -0.3 is 0 Å². The summed E-state index contributed by atoms with van der Waals surface area (Å²) in [7, 11) is 0. The number of nitrogens with one attached hydrogen (secondary N) is 1. The van der Waals surface area contributed by atoms with Gasteiger partial charge in [0.25, 0.3) is 0 Å². The van der Waals surface area contributed by atoms with Crippen LogP contribution in [0.25, 0.3) is 10.1 Å². The first-order valence-electron chi connectivity index (χ1n) is 5.09. The molecule has 4 nitrogen and oxygen atoms in total. The smallest absolute Gasteiger partial charge is 0.0848 e. The van der Waals surface area contributed by atoms with Gasteiger partial charge in [-0.2, -0.15) is 0 Å². The van der Waals surface area contributed by atoms with E-state index >= 15 is 0 Å². The molecule has 1 unspecified atom stereocenters. The second kappa shape index (κ2) is 4.50. The molecule has 3 aromatic rings. The van der Waals surface area contributed by atoms with Crippen molar-refractivity contribution in [2.75, 3.05) is 0 Å². The molecule has 0 fully saturated rings. The van der Waals surface area contributed by atoms with Crippen LogP contribution in [-0.2, 0) is 0 Å². The van der Waals surface area contributed by atoms with E-state index in [-0.39, 0.29) is 6.04 Å². The summed E-state index contributed by atoms with van der Waals surface area (Å²) in [5, 5.41) is 7.19. The Labute approximate surface area is 106 Å². The molecule has 0 spiro atoms. The van der Waals surface area contributed by atoms with Crippen LogP contribution in [0.2, 0.25) is 0 Å². The molecule has 0 aliphatic heterocycles. The van der Waals surface area contributed by atoms with E-state index in [1.165, 1.54) is 27.2 Å². The first kappa shape index (κ1) is 10.8. The molecular formula is C11H10N4S2. The van der Waals surface area contributed by atoms with Crippen LogP contribution in [0.1, 0.15) is 16.5 Å². The van der Waals surface area contributed by atoms with Crippen molar-refractivity contribution in [1.82, 2.24) is 15.0 Å². The van der Waals surface area contributed by atoms with E-state index in [9.17, 15) is 0 Å². The molecule has 2 heterocycles. The van der Waals surface area contributed by atoms with Gasteiger partial charge in [-0.05, 0) is 33.9 Å². The van der Waals surface area contributed by atoms with Crippen molar-refractivity contribution in [3.8, 4) is 0 Å². The molecule has 1 atom stereocenters. The maximum atomic E-state index is 5.66. The van der Waals surface area contributed by atoms with Crippen molar-refractivity contribution in [2.24, 2.45) is 5.84 Å². The van der Waals surface area contributed by atoms with Crippen LogP contribution in [0.3, 0.4) is 0 Å². The van der Waals surface area contributed by atoms with Crippen molar-refractivity contribution in [1.29, 1.82) is 0 Å². The number of benzene rings is 1. The Morgan fingerprint density at radius 2 is 2.24 bits per heavy atom. The van der Waals surface area contributed by atoms with Crippen molar-refractivity contribution in [3.05, 3.63) is 46.3 Å². The number of hydrazine groups is 1. The SMILES string of the molecule is NNC(c1cnns1)c1cccc2ccsc12. The van der Waals surface area contributed by atoms with Crippen molar-refractivity contribution >= 4 is 33.0 Å². The maximum absolute atomic E-state index is 5.66. The number of nitrogens with zero attached hydrogens (tertiary/aromatic N) is 2. The topological polar surface area (TPSA) is 63.8 Å². The lowest BCUT2D eigenvalue weighted by atomic mass is 10.0. The molecule has 0 amide bonds. The third-order valence-corrected chi connectivity index (χ3v) is 4.36. The van der Waals surface area contributed by atoms with Gasteiger partial charge in [-0.25, -0.2) is 5.43 Å². The van der Waals surface area contributed by atoms with Crippen LogP contribution in [-0.4, -0.2) is 9.59 Å². The fourth-order valence-corrected chi connectivity index (χ4v) is 3.40. The quantitative estimate of drug-likeness (QED) is 0.561. The molecule has 2 aromatic heterocycles. The average Bonchev–Trinajstić information content (AvgIpc) is 3.00. The van der Waals surface area contributed by atoms with Crippen LogP contribution in [0, 0.1) is 0 Å². The van der Waals surface area contributed by atoms with Gasteiger partial charge in [-0.1, -0.05) is 22.7 Å². The largest absolute Gasteiger partial charge is 0.271 e. The van der Waals surface area contributed by atoms with Gasteiger partial charge in [-0.15, -0.1) is 16.4 Å². The van der Waals surface area contributed by atoms with Gasteiger partial charge >= 0.3 is 0 Å². The van der Waals surface area contributed by atoms with Gasteiger partial charge in [-0.3, -0.25) is 5.84 Å². The molecular weight excluding hydrogens is 252 g/mol. The zero-order chi connectivity index (χ0) is 11.7. The second-order valence-corrected chi connectivity index (χ2v) is 5.34. The number of hydrogen-bond acceptors (Lipinski definition) is 6. The lowest BCUT2D eigenvalue weighted by molar-refractivity contribution is 0.650. The summed E-state index contributed by atoms with van der Waals surface area (Å²) in [4.78, 5) is 1.02. The van der Waals surface area contributed by atoms with Gasteiger partial charge in [0.15, 0.2) is 0 Å². The fourth-order valence-electron chi connectivity index (χ4n) is 1.87. The molecule has 1 aromatic carbocycles. The third-order valence-electron chi connectivity index (χ3n) is 2.65. The molecule has 3 rings (SSSR count). The highest BCUT2D eigenvalue weighted by Crippen LogP contribution is 2.32. The van der Waals surface area contributed by atoms with E-state index in [0.29, 0.717) is 0 Å². The van der Waals surface area contributed by atoms with Crippen LogP contribution in [0.5, 0.6) is 0 Å². The fraction of sp³-hybridized carbons (Fsp3) is 0.0909. The lowest BCUT2D eigenvalue weighted by Crippen LogP contribution is -2.28. The maximum Gasteiger partial charge on any atom is 0.0848 e. The Kier molecular flexibility index (Phi) is 2.86. The summed E-state index contributed by atoms with van der Waals surface area (Å²) in [6.45, 7) is 0. The predicted octanol–water partition coefficient (Wildman–Crippen LogP) is 2.31. The second-order valence-electron chi connectivity index (χ2n) is 3.61. The molecule has 0 saturated heterocycles. The Bertz CT molecular complexity index is 617. The minimum Gasteiger partial charge on any atom is -0.271 e. The molecule has 6 heteroatoms. The summed E-state index contributed by atoms with van der Waals surface area (Å²) >= 11 is 3.09. The molecule has 0 radical (unpaired) electrons. The zero-order valence-electron chi connectivity index (χ0n) is 8.83. The van der Waals surface area contributed by atoms with Gasteiger partial charge in [0.1, 0.15) is 0 Å². The van der Waals surface area contributed by atoms with Crippen LogP contribution >= 0.6 is 22.9 Å². The van der Waals surface area contributed by atoms with E-state index in [4.69, 9.17) is 5.84 Å². The zero-order valence-corrected chi connectivity index (χ0v) is 10.5. The molecule has 0 aliphatic carbocycles. The summed E-state index contributed by atoms with van der Waals surface area (Å²) in [5.41, 5.74) is 4.01. The van der Waals surface area contributed by atoms with Crippen molar-refractivity contribution in [3.63, 3.8) is 0 Å². The highest BCUT2D eigenvalue weighted by molar-refractivity contribution is 7.17. The highest BCUT2D eigenvalue weighted by Gasteiger charge is 2.17. The van der Waals surface area contributed by atoms with E-state index < -0.39 is 0 Å². The first-order chi connectivity index (χ1) is 8.40. The molecule has 0 saturated carbocycles. The van der Waals surface area contributed by atoms with Crippen molar-refractivity contribution in [2.45, 2.75) is 6.04 Å². The summed E-state index contributed by atoms with van der Waals surface area (Å²) in [5.74, 6) is 5.66. The number of nitrogens with two attached hydrogens (primary N) is 1. The first-order valence-corrected chi connectivity index (χ1v) is 6.75. The van der Waals surface area contributed by atoms with Crippen LogP contribution in [0.15, 0.2) is 35.8 Å². The molecule has 3 N–H and O–H groups in total. The number of thiophene rings is 1. The van der Waals surface area contributed by atoms with E-state index in [0.717, 1.165) is 4.88 Å². The number of aromatic nitrogens is 2. The van der Waals surface area contributed by atoms with Gasteiger partial charge in [0, 0.05) is 4.70 Å². The Morgan fingerprint density at radius 3 is 3.00 bits per heavy atom. The standard InChI is InChI=1S/C11H10N4S2/c12-14-10(9-6-13-15-17-9)8-3-1-2-7-4-5-16-11(7)8/h1-6,10,14H,12H2. The minimum absolute atomic E-state index is 0.0441. The third kappa shape index (κ3) is 1.85. The summed E-state index contributed by atoms with van der Waals surface area (Å²) in [6.07, 6.45) is 1.75. The molecule has 17 heavy (non-hydrogen) atoms. The van der Waals surface area contributed by atoms with Crippen LogP contribution < -0.4 is 11.3 Å². The van der Waals surface area contributed by atoms with Crippen LogP contribution in [0.4, 0.5) is 0 Å². The predicted molar refractivity (Wildman–Crippen MR) is 70.9 cm³/mol. The molecule has 86 valence electrons. The van der Waals surface area contributed by atoms with E-state index in [2.05, 4.69) is 38.6 Å². The average molecular weight is 262 g/mol. The van der Waals surface area contributed by atoms with E-state index in [1.54, 1.807) is 17.5 Å². The summed E-state index contributed by atoms with van der Waals surface area (Å²) in [6, 6.07) is 8.31. The minimum atomic E-state index is -0.0441. The highest BCUT2D eigenvalue weighted by atomic mass is 32.1. The molecule has 0 aliphatic rings. The van der Waals surface area contributed by atoms with Gasteiger partial charge in [0.05, 0.1) is 17.1 Å². The lowest BCUT2D eigenvalue weighted by Gasteiger charge is -2.14. The Morgan fingerprint density at radius 1 is 1.29 bits per heavy atom. The van der Waals surface area contributed by atoms with Gasteiger partial charge in [0.2, 0.25) is 0 Å². The van der Waals surface area contributed by atoms with E-state index in [1.807, 2.05) is 6.07 Å².